The molecule has 0 aliphatic heterocycles. The highest BCUT2D eigenvalue weighted by Crippen LogP contribution is 2.21. The van der Waals surface area contributed by atoms with E-state index in [4.69, 9.17) is 4.74 Å². The Morgan fingerprint density at radius 3 is 2.50 bits per heavy atom. The minimum atomic E-state index is 0.606. The molecule has 2 heteroatoms. The first-order valence-corrected chi connectivity index (χ1v) is 6.97. The molecule has 1 aromatic carbocycles. The molecule has 0 saturated heterocycles. The van der Waals surface area contributed by atoms with Crippen LogP contribution in [0.1, 0.15) is 33.1 Å². The van der Waals surface area contributed by atoms with Crippen molar-refractivity contribution in [3.8, 4) is 5.75 Å². The monoisotopic (exact) mass is 284 g/mol. The number of hydrogen-bond donors (Lipinski definition) is 0. The summed E-state index contributed by atoms with van der Waals surface area (Å²) in [5.74, 6) is 1.74. The van der Waals surface area contributed by atoms with Crippen LogP contribution >= 0.6 is 15.9 Å². The van der Waals surface area contributed by atoms with Crippen LogP contribution in [0.25, 0.3) is 0 Å². The lowest BCUT2D eigenvalue weighted by Crippen LogP contribution is -2.11. The normalized spacial score (nSPS) is 14.4. The SMILES string of the molecule is CCC(CCCOc1ccccc1)C(C)Br. The lowest BCUT2D eigenvalue weighted by molar-refractivity contribution is 0.290. The summed E-state index contributed by atoms with van der Waals surface area (Å²) in [4.78, 5) is 0.606. The van der Waals surface area contributed by atoms with Gasteiger partial charge in [-0.3, -0.25) is 0 Å². The van der Waals surface area contributed by atoms with Crippen molar-refractivity contribution in [1.29, 1.82) is 0 Å². The van der Waals surface area contributed by atoms with Crippen LogP contribution in [0.4, 0.5) is 0 Å². The molecule has 0 N–H and O–H groups in total. The van der Waals surface area contributed by atoms with E-state index in [1.807, 2.05) is 30.3 Å². The highest BCUT2D eigenvalue weighted by molar-refractivity contribution is 9.09. The fourth-order valence-corrected chi connectivity index (χ4v) is 2.45. The summed E-state index contributed by atoms with van der Waals surface area (Å²) < 4.78 is 5.67. The van der Waals surface area contributed by atoms with Crippen molar-refractivity contribution in [2.75, 3.05) is 6.61 Å². The maximum atomic E-state index is 5.67. The summed E-state index contributed by atoms with van der Waals surface area (Å²) in [7, 11) is 0. The molecule has 0 heterocycles. The lowest BCUT2D eigenvalue weighted by Gasteiger charge is -2.17. The standard InChI is InChI=1S/C14H21BrO/c1-3-13(12(2)15)8-7-11-16-14-9-5-4-6-10-14/h4-6,9-10,12-13H,3,7-8,11H2,1-2H3. The van der Waals surface area contributed by atoms with E-state index in [-0.39, 0.29) is 0 Å². The zero-order valence-corrected chi connectivity index (χ0v) is 11.7. The van der Waals surface area contributed by atoms with Gasteiger partial charge in [0.1, 0.15) is 5.75 Å². The van der Waals surface area contributed by atoms with E-state index >= 15 is 0 Å². The molecule has 0 fully saturated rings. The van der Waals surface area contributed by atoms with Gasteiger partial charge in [-0.15, -0.1) is 0 Å². The molecule has 0 aliphatic rings. The Labute approximate surface area is 107 Å². The fourth-order valence-electron chi connectivity index (χ4n) is 1.81. The van der Waals surface area contributed by atoms with E-state index < -0.39 is 0 Å². The predicted octanol–water partition coefficient (Wildman–Crippen LogP) is 4.66. The van der Waals surface area contributed by atoms with Crippen LogP contribution in [0.2, 0.25) is 0 Å². The molecule has 2 atom stereocenters. The quantitative estimate of drug-likeness (QED) is 0.523. The lowest BCUT2D eigenvalue weighted by atomic mass is 9.98. The van der Waals surface area contributed by atoms with Crippen molar-refractivity contribution < 1.29 is 4.74 Å². The Morgan fingerprint density at radius 1 is 1.25 bits per heavy atom. The molecule has 0 radical (unpaired) electrons. The zero-order valence-electron chi connectivity index (χ0n) is 10.2. The van der Waals surface area contributed by atoms with Gasteiger partial charge >= 0.3 is 0 Å². The fraction of sp³-hybridized carbons (Fsp3) is 0.571. The Balaban J connectivity index is 2.16. The van der Waals surface area contributed by atoms with E-state index in [1.54, 1.807) is 0 Å². The molecule has 1 aromatic rings. The molecule has 2 unspecified atom stereocenters. The van der Waals surface area contributed by atoms with Gasteiger partial charge < -0.3 is 4.74 Å². The third-order valence-corrected chi connectivity index (χ3v) is 3.65. The number of para-hydroxylation sites is 1. The van der Waals surface area contributed by atoms with Crippen molar-refractivity contribution in [3.05, 3.63) is 30.3 Å². The van der Waals surface area contributed by atoms with Crippen LogP contribution < -0.4 is 4.74 Å². The molecule has 0 aliphatic carbocycles. The van der Waals surface area contributed by atoms with Gasteiger partial charge in [0.15, 0.2) is 0 Å². The second kappa shape index (κ2) is 7.72. The van der Waals surface area contributed by atoms with E-state index in [9.17, 15) is 0 Å². The van der Waals surface area contributed by atoms with Crippen molar-refractivity contribution in [1.82, 2.24) is 0 Å². The van der Waals surface area contributed by atoms with E-state index in [0.717, 1.165) is 24.7 Å². The molecule has 16 heavy (non-hydrogen) atoms. The molecular weight excluding hydrogens is 264 g/mol. The molecule has 0 spiro atoms. The number of ether oxygens (including phenoxy) is 1. The summed E-state index contributed by atoms with van der Waals surface area (Å²) in [5.41, 5.74) is 0. The summed E-state index contributed by atoms with van der Waals surface area (Å²) in [6.45, 7) is 5.30. The van der Waals surface area contributed by atoms with Gasteiger partial charge in [-0.25, -0.2) is 0 Å². The first kappa shape index (κ1) is 13.6. The molecule has 0 aromatic heterocycles. The van der Waals surface area contributed by atoms with Gasteiger partial charge in [0.2, 0.25) is 0 Å². The van der Waals surface area contributed by atoms with E-state index in [1.165, 1.54) is 12.8 Å². The van der Waals surface area contributed by atoms with Gasteiger partial charge in [0.25, 0.3) is 0 Å². The molecule has 90 valence electrons. The molecule has 0 saturated carbocycles. The summed E-state index contributed by atoms with van der Waals surface area (Å²) in [6.07, 6.45) is 3.59. The minimum Gasteiger partial charge on any atom is -0.494 e. The molecule has 1 rings (SSSR count). The molecular formula is C14H21BrO. The smallest absolute Gasteiger partial charge is 0.119 e. The Bertz CT molecular complexity index is 271. The predicted molar refractivity (Wildman–Crippen MR) is 73.3 cm³/mol. The molecule has 1 nitrogen and oxygen atoms in total. The molecule has 0 amide bonds. The zero-order chi connectivity index (χ0) is 11.8. The van der Waals surface area contributed by atoms with Crippen molar-refractivity contribution in [2.45, 2.75) is 37.9 Å². The maximum absolute atomic E-state index is 5.67. The Morgan fingerprint density at radius 2 is 1.94 bits per heavy atom. The van der Waals surface area contributed by atoms with Crippen molar-refractivity contribution >= 4 is 15.9 Å². The average molecular weight is 285 g/mol. The molecule has 0 bridgehead atoms. The summed E-state index contributed by atoms with van der Waals surface area (Å²) in [6, 6.07) is 10.0. The highest BCUT2D eigenvalue weighted by atomic mass is 79.9. The van der Waals surface area contributed by atoms with Crippen molar-refractivity contribution in [3.63, 3.8) is 0 Å². The van der Waals surface area contributed by atoms with Gasteiger partial charge in [-0.05, 0) is 30.9 Å². The van der Waals surface area contributed by atoms with Crippen LogP contribution in [0.3, 0.4) is 0 Å². The van der Waals surface area contributed by atoms with Gasteiger partial charge in [-0.2, -0.15) is 0 Å². The Hall–Kier alpha value is -0.500. The van der Waals surface area contributed by atoms with Crippen LogP contribution in [0.15, 0.2) is 30.3 Å². The number of halogens is 1. The second-order valence-electron chi connectivity index (χ2n) is 4.15. The third-order valence-electron chi connectivity index (χ3n) is 2.91. The second-order valence-corrected chi connectivity index (χ2v) is 5.59. The van der Waals surface area contributed by atoms with Crippen LogP contribution in [-0.2, 0) is 0 Å². The summed E-state index contributed by atoms with van der Waals surface area (Å²) in [5, 5.41) is 0. The van der Waals surface area contributed by atoms with Gasteiger partial charge in [0, 0.05) is 4.83 Å². The van der Waals surface area contributed by atoms with Gasteiger partial charge in [0.05, 0.1) is 6.61 Å². The average Bonchev–Trinajstić information content (AvgIpc) is 2.30. The Kier molecular flexibility index (Phi) is 6.55. The number of alkyl halides is 1. The summed E-state index contributed by atoms with van der Waals surface area (Å²) >= 11 is 3.66. The van der Waals surface area contributed by atoms with Gasteiger partial charge in [-0.1, -0.05) is 54.4 Å². The van der Waals surface area contributed by atoms with Crippen LogP contribution in [0, 0.1) is 5.92 Å². The van der Waals surface area contributed by atoms with Crippen LogP contribution in [0.5, 0.6) is 5.75 Å². The van der Waals surface area contributed by atoms with E-state index in [0.29, 0.717) is 4.83 Å². The third kappa shape index (κ3) is 5.02. The topological polar surface area (TPSA) is 9.23 Å². The first-order valence-electron chi connectivity index (χ1n) is 6.06. The number of hydrogen-bond acceptors (Lipinski definition) is 1. The van der Waals surface area contributed by atoms with E-state index in [2.05, 4.69) is 29.8 Å². The number of benzene rings is 1. The first-order chi connectivity index (χ1) is 7.74. The highest BCUT2D eigenvalue weighted by Gasteiger charge is 2.11. The number of rotatable bonds is 7. The van der Waals surface area contributed by atoms with Crippen LogP contribution in [-0.4, -0.2) is 11.4 Å². The largest absolute Gasteiger partial charge is 0.494 e. The maximum Gasteiger partial charge on any atom is 0.119 e. The minimum absolute atomic E-state index is 0.606. The van der Waals surface area contributed by atoms with Crippen molar-refractivity contribution in [2.24, 2.45) is 5.92 Å².